The average Bonchev–Trinajstić information content (AvgIpc) is 3.01. The normalized spacial score (nSPS) is 15.2. The zero-order valence-electron chi connectivity index (χ0n) is 24.8. The van der Waals surface area contributed by atoms with Gasteiger partial charge in [0.15, 0.2) is 23.5 Å². The van der Waals surface area contributed by atoms with Gasteiger partial charge in [0.2, 0.25) is 0 Å². The number of esters is 1. The first-order valence-electron chi connectivity index (χ1n) is 13.8. The van der Waals surface area contributed by atoms with Gasteiger partial charge in [-0.1, -0.05) is 58.5 Å². The molecule has 1 aliphatic heterocycles. The van der Waals surface area contributed by atoms with Gasteiger partial charge in [0.25, 0.3) is 0 Å². The predicted octanol–water partition coefficient (Wildman–Crippen LogP) is 6.40. The number of urea groups is 1. The lowest BCUT2D eigenvalue weighted by Gasteiger charge is -2.28. The monoisotopic (exact) mass is 710 g/mol. The summed E-state index contributed by atoms with van der Waals surface area (Å²) in [4.78, 5) is 24.6. The molecule has 1 aliphatic rings. The number of allylic oxidation sites excluding steroid dienone is 1. The lowest BCUT2D eigenvalue weighted by atomic mass is 9.95. The highest BCUT2D eigenvalue weighted by Gasteiger charge is 2.32. The number of rotatable bonds is 13. The molecule has 0 saturated carbocycles. The first kappa shape index (κ1) is 35.0. The SMILES string of the molecule is CCOc1cc([C@H]2NC(=O)NC(C)=C2C(=O)OC)ccc1OC[C@H](O)N/N=C\c1cc(Cl)c(OCc2ccc(Cl)c(Cl)c2)c(Cl)c1. The van der Waals surface area contributed by atoms with Crippen molar-refractivity contribution in [3.8, 4) is 17.2 Å². The molecule has 0 saturated heterocycles. The molecule has 2 amide bonds. The van der Waals surface area contributed by atoms with Crippen molar-refractivity contribution >= 4 is 64.6 Å². The number of aliphatic hydroxyl groups is 1. The van der Waals surface area contributed by atoms with Crippen molar-refractivity contribution in [2.45, 2.75) is 32.7 Å². The van der Waals surface area contributed by atoms with Crippen LogP contribution in [0.2, 0.25) is 20.1 Å². The van der Waals surface area contributed by atoms with E-state index < -0.39 is 24.3 Å². The minimum absolute atomic E-state index is 0.172. The summed E-state index contributed by atoms with van der Waals surface area (Å²) in [7, 11) is 1.26. The Morgan fingerprint density at radius 2 is 1.74 bits per heavy atom. The van der Waals surface area contributed by atoms with Gasteiger partial charge in [-0.25, -0.2) is 9.59 Å². The van der Waals surface area contributed by atoms with E-state index >= 15 is 0 Å². The third kappa shape index (κ3) is 8.89. The van der Waals surface area contributed by atoms with Crippen LogP contribution >= 0.6 is 46.4 Å². The number of carbonyl (C=O) groups excluding carboxylic acids is 2. The summed E-state index contributed by atoms with van der Waals surface area (Å²) in [6.45, 7) is 3.70. The predicted molar refractivity (Wildman–Crippen MR) is 176 cm³/mol. The van der Waals surface area contributed by atoms with Crippen LogP contribution in [0.3, 0.4) is 0 Å². The Bertz CT molecular complexity index is 1640. The van der Waals surface area contributed by atoms with Crippen molar-refractivity contribution in [3.63, 3.8) is 0 Å². The van der Waals surface area contributed by atoms with Crippen molar-refractivity contribution in [3.05, 3.63) is 96.6 Å². The third-order valence-corrected chi connectivity index (χ3v) is 7.80. The van der Waals surface area contributed by atoms with E-state index in [9.17, 15) is 14.7 Å². The lowest BCUT2D eigenvalue weighted by molar-refractivity contribution is -0.136. The minimum atomic E-state index is -1.20. The van der Waals surface area contributed by atoms with Crippen LogP contribution in [0.15, 0.2) is 64.9 Å². The Balaban J connectivity index is 1.37. The molecule has 0 spiro atoms. The molecule has 1 heterocycles. The highest BCUT2D eigenvalue weighted by atomic mass is 35.5. The topological polar surface area (TPSA) is 140 Å². The van der Waals surface area contributed by atoms with E-state index in [0.29, 0.717) is 50.7 Å². The summed E-state index contributed by atoms with van der Waals surface area (Å²) in [5.41, 5.74) is 5.10. The molecule has 4 N–H and O–H groups in total. The van der Waals surface area contributed by atoms with Gasteiger partial charge >= 0.3 is 12.0 Å². The van der Waals surface area contributed by atoms with Gasteiger partial charge in [0, 0.05) is 5.70 Å². The van der Waals surface area contributed by atoms with Crippen LogP contribution in [0.5, 0.6) is 17.2 Å². The molecule has 4 rings (SSSR count). The number of nitrogens with zero attached hydrogens (tertiary/aromatic N) is 1. The first-order valence-corrected chi connectivity index (χ1v) is 15.3. The van der Waals surface area contributed by atoms with Gasteiger partial charge in [0.05, 0.1) is 51.6 Å². The van der Waals surface area contributed by atoms with Gasteiger partial charge in [-0.2, -0.15) is 5.10 Å². The van der Waals surface area contributed by atoms with E-state index in [0.717, 1.165) is 5.56 Å². The second-order valence-electron chi connectivity index (χ2n) is 9.77. The van der Waals surface area contributed by atoms with Crippen molar-refractivity contribution < 1.29 is 33.6 Å². The maximum absolute atomic E-state index is 12.4. The van der Waals surface area contributed by atoms with Crippen LogP contribution in [0.4, 0.5) is 4.79 Å². The van der Waals surface area contributed by atoms with Gasteiger partial charge < -0.3 is 34.7 Å². The molecule has 11 nitrogen and oxygen atoms in total. The molecule has 0 bridgehead atoms. The zero-order valence-corrected chi connectivity index (χ0v) is 27.9. The smallest absolute Gasteiger partial charge is 0.337 e. The molecule has 3 aromatic rings. The highest BCUT2D eigenvalue weighted by molar-refractivity contribution is 6.42. The van der Waals surface area contributed by atoms with Gasteiger partial charge in [-0.15, -0.1) is 0 Å². The second-order valence-corrected chi connectivity index (χ2v) is 11.4. The Labute approximate surface area is 285 Å². The third-order valence-electron chi connectivity index (χ3n) is 6.50. The number of hydrogen-bond donors (Lipinski definition) is 4. The lowest BCUT2D eigenvalue weighted by Crippen LogP contribution is -2.45. The van der Waals surface area contributed by atoms with Crippen LogP contribution in [0.1, 0.15) is 36.6 Å². The summed E-state index contributed by atoms with van der Waals surface area (Å²) in [6.07, 6.45) is 0.219. The molecule has 0 unspecified atom stereocenters. The summed E-state index contributed by atoms with van der Waals surface area (Å²) in [5, 5.41) is 21.1. The van der Waals surface area contributed by atoms with E-state index in [2.05, 4.69) is 21.2 Å². The Morgan fingerprint density at radius 3 is 2.41 bits per heavy atom. The highest BCUT2D eigenvalue weighted by Crippen LogP contribution is 2.36. The number of aliphatic hydroxyl groups excluding tert-OH is 1. The van der Waals surface area contributed by atoms with Gasteiger partial charge in [-0.05, 0) is 66.9 Å². The fraction of sp³-hybridized carbons (Fsp3) is 0.258. The summed E-state index contributed by atoms with van der Waals surface area (Å²) in [6, 6.07) is 12.1. The van der Waals surface area contributed by atoms with Gasteiger partial charge in [0.1, 0.15) is 13.2 Å². The van der Waals surface area contributed by atoms with Crippen LogP contribution in [0.25, 0.3) is 0 Å². The number of methoxy groups -OCH3 is 1. The molecule has 46 heavy (non-hydrogen) atoms. The van der Waals surface area contributed by atoms with E-state index in [-0.39, 0.29) is 28.8 Å². The summed E-state index contributed by atoms with van der Waals surface area (Å²) >= 11 is 24.8. The molecule has 0 fully saturated rings. The number of amides is 2. The molecule has 15 heteroatoms. The Kier molecular flexibility index (Phi) is 12.3. The Morgan fingerprint density at radius 1 is 1.00 bits per heavy atom. The fourth-order valence-electron chi connectivity index (χ4n) is 4.40. The number of carbonyl (C=O) groups is 2. The minimum Gasteiger partial charge on any atom is -0.490 e. The number of hydrogen-bond acceptors (Lipinski definition) is 9. The van der Waals surface area contributed by atoms with Crippen LogP contribution < -0.4 is 30.3 Å². The van der Waals surface area contributed by atoms with Crippen molar-refractivity contribution in [2.75, 3.05) is 20.3 Å². The first-order chi connectivity index (χ1) is 22.0. The molecular formula is C31H30Cl4N4O7. The summed E-state index contributed by atoms with van der Waals surface area (Å²) < 4.78 is 22.2. The number of benzene rings is 3. The molecule has 2 atom stereocenters. The maximum Gasteiger partial charge on any atom is 0.337 e. The quantitative estimate of drug-likeness (QED) is 0.0692. The number of ether oxygens (including phenoxy) is 4. The molecule has 0 radical (unpaired) electrons. The zero-order chi connectivity index (χ0) is 33.4. The fourth-order valence-corrected chi connectivity index (χ4v) is 5.33. The Hall–Kier alpha value is -3.87. The maximum atomic E-state index is 12.4. The standard InChI is InChI=1S/C31H30Cl4N4O7/c1-4-44-25-12-19(28-27(30(41)43-3)16(2)37-31(42)38-28)6-8-24(25)45-15-26(40)39-36-13-18-10-22(34)29(23(35)11-18)46-14-17-5-7-20(32)21(33)9-17/h5-13,26,28,39-40H,4,14-15H2,1-3H3,(H2,37,38,42)/b36-13-/t26-,28+/m0/s1. The largest absolute Gasteiger partial charge is 0.490 e. The summed E-state index contributed by atoms with van der Waals surface area (Å²) in [5.74, 6) is 0.373. The van der Waals surface area contributed by atoms with E-state index in [4.69, 9.17) is 65.4 Å². The molecule has 0 aromatic heterocycles. The van der Waals surface area contributed by atoms with E-state index in [1.54, 1.807) is 62.4 Å². The molecular weight excluding hydrogens is 682 g/mol. The van der Waals surface area contributed by atoms with Crippen molar-refractivity contribution in [1.29, 1.82) is 0 Å². The number of halogens is 4. The molecule has 244 valence electrons. The van der Waals surface area contributed by atoms with Crippen LogP contribution in [-0.2, 0) is 16.1 Å². The second kappa shape index (κ2) is 16.1. The number of hydrazone groups is 1. The van der Waals surface area contributed by atoms with Crippen molar-refractivity contribution in [2.24, 2.45) is 5.10 Å². The van der Waals surface area contributed by atoms with E-state index in [1.165, 1.54) is 13.3 Å². The van der Waals surface area contributed by atoms with Crippen LogP contribution in [-0.4, -0.2) is 49.9 Å². The number of nitrogens with one attached hydrogen (secondary N) is 3. The van der Waals surface area contributed by atoms with Gasteiger partial charge in [-0.3, -0.25) is 5.43 Å². The van der Waals surface area contributed by atoms with Crippen LogP contribution in [0, 0.1) is 0 Å². The molecule has 3 aromatic carbocycles. The molecule has 0 aliphatic carbocycles. The van der Waals surface area contributed by atoms with Crippen molar-refractivity contribution in [1.82, 2.24) is 16.1 Å². The van der Waals surface area contributed by atoms with E-state index in [1.807, 2.05) is 0 Å². The average molecular weight is 712 g/mol.